The first kappa shape index (κ1) is 14.0. The van der Waals surface area contributed by atoms with E-state index >= 15 is 0 Å². The van der Waals surface area contributed by atoms with Crippen molar-refractivity contribution in [3.05, 3.63) is 64.1 Å². The molecule has 1 aliphatic rings. The fourth-order valence-corrected chi connectivity index (χ4v) is 2.86. The number of ketones is 1. The third-order valence-electron chi connectivity index (χ3n) is 3.44. The third kappa shape index (κ3) is 2.39. The zero-order chi connectivity index (χ0) is 15.0. The normalized spacial score (nSPS) is 20.6. The predicted molar refractivity (Wildman–Crippen MR) is 79.0 cm³/mol. The number of Topliss-reactive ketones (excluding diaryl/α,β-unsaturated/α-hetero) is 1. The summed E-state index contributed by atoms with van der Waals surface area (Å²) in [4.78, 5) is 24.6. The average molecular weight is 347 g/mol. The lowest BCUT2D eigenvalue weighted by Crippen LogP contribution is -2.37. The van der Waals surface area contributed by atoms with Crippen molar-refractivity contribution < 1.29 is 19.4 Å². The van der Waals surface area contributed by atoms with E-state index in [1.807, 2.05) is 0 Å². The number of halogens is 1. The standard InChI is InChI=1S/C16H11BrO4/c17-11-7-3-1-5-9(11)14(18)13-15(19)10-6-2-4-8-12(10)21-16(13)20/h1-8,13,15,19H/t13-,15-/m0/s1. The second-order valence-electron chi connectivity index (χ2n) is 4.73. The molecular formula is C16H11BrO4. The van der Waals surface area contributed by atoms with Crippen LogP contribution in [0.2, 0.25) is 0 Å². The van der Waals surface area contributed by atoms with Crippen LogP contribution < -0.4 is 4.74 Å². The molecule has 0 bridgehead atoms. The second-order valence-corrected chi connectivity index (χ2v) is 5.58. The molecule has 2 atom stereocenters. The van der Waals surface area contributed by atoms with Crippen LogP contribution in [0.4, 0.5) is 0 Å². The Labute approximate surface area is 129 Å². The number of carbonyl (C=O) groups is 2. The highest BCUT2D eigenvalue weighted by Crippen LogP contribution is 2.38. The van der Waals surface area contributed by atoms with Gasteiger partial charge in [0.05, 0.1) is 0 Å². The van der Waals surface area contributed by atoms with E-state index < -0.39 is 23.8 Å². The molecule has 5 heteroatoms. The largest absolute Gasteiger partial charge is 0.426 e. The van der Waals surface area contributed by atoms with Crippen LogP contribution in [-0.2, 0) is 4.79 Å². The van der Waals surface area contributed by atoms with Crippen molar-refractivity contribution in [2.24, 2.45) is 5.92 Å². The van der Waals surface area contributed by atoms with Gasteiger partial charge in [-0.15, -0.1) is 0 Å². The van der Waals surface area contributed by atoms with Crippen LogP contribution in [0.3, 0.4) is 0 Å². The molecule has 0 amide bonds. The van der Waals surface area contributed by atoms with E-state index in [0.717, 1.165) is 0 Å². The minimum absolute atomic E-state index is 0.297. The third-order valence-corrected chi connectivity index (χ3v) is 4.13. The van der Waals surface area contributed by atoms with Gasteiger partial charge in [-0.05, 0) is 12.1 Å². The molecule has 0 saturated carbocycles. The summed E-state index contributed by atoms with van der Waals surface area (Å²) in [5, 5.41) is 10.4. The number of hydrogen-bond acceptors (Lipinski definition) is 4. The van der Waals surface area contributed by atoms with Crippen molar-refractivity contribution in [2.45, 2.75) is 6.10 Å². The molecule has 21 heavy (non-hydrogen) atoms. The van der Waals surface area contributed by atoms with E-state index in [1.54, 1.807) is 48.5 Å². The molecule has 0 radical (unpaired) electrons. The molecule has 4 nitrogen and oxygen atoms in total. The Kier molecular flexibility index (Phi) is 3.61. The molecule has 0 aromatic heterocycles. The monoisotopic (exact) mass is 346 g/mol. The van der Waals surface area contributed by atoms with Crippen LogP contribution >= 0.6 is 15.9 Å². The van der Waals surface area contributed by atoms with Crippen molar-refractivity contribution in [1.82, 2.24) is 0 Å². The summed E-state index contributed by atoms with van der Waals surface area (Å²) in [7, 11) is 0. The minimum Gasteiger partial charge on any atom is -0.426 e. The maximum absolute atomic E-state index is 12.6. The lowest BCUT2D eigenvalue weighted by Gasteiger charge is -2.27. The Hall–Kier alpha value is -1.98. The van der Waals surface area contributed by atoms with Crippen molar-refractivity contribution in [3.63, 3.8) is 0 Å². The number of para-hydroxylation sites is 1. The van der Waals surface area contributed by atoms with Gasteiger partial charge in [-0.2, -0.15) is 0 Å². The molecule has 0 aliphatic carbocycles. The first-order valence-electron chi connectivity index (χ1n) is 6.37. The lowest BCUT2D eigenvalue weighted by atomic mass is 9.86. The molecule has 0 saturated heterocycles. The zero-order valence-corrected chi connectivity index (χ0v) is 12.4. The van der Waals surface area contributed by atoms with Gasteiger partial charge < -0.3 is 9.84 Å². The average Bonchev–Trinajstić information content (AvgIpc) is 2.47. The predicted octanol–water partition coefficient (Wildman–Crippen LogP) is 2.90. The number of fused-ring (bicyclic) bond motifs is 1. The van der Waals surface area contributed by atoms with Crippen molar-refractivity contribution in [2.75, 3.05) is 0 Å². The van der Waals surface area contributed by atoms with Gasteiger partial charge in [-0.25, -0.2) is 0 Å². The minimum atomic E-state index is -1.25. The number of hydrogen-bond donors (Lipinski definition) is 1. The molecule has 0 unspecified atom stereocenters. The van der Waals surface area contributed by atoms with Gasteiger partial charge in [0.1, 0.15) is 11.9 Å². The molecular weight excluding hydrogens is 336 g/mol. The van der Waals surface area contributed by atoms with E-state index in [0.29, 0.717) is 21.3 Å². The Morgan fingerprint density at radius 1 is 1.10 bits per heavy atom. The molecule has 106 valence electrons. The Morgan fingerprint density at radius 3 is 2.52 bits per heavy atom. The van der Waals surface area contributed by atoms with E-state index in [1.165, 1.54) is 0 Å². The molecule has 2 aromatic rings. The fourth-order valence-electron chi connectivity index (χ4n) is 2.38. The fraction of sp³-hybridized carbons (Fsp3) is 0.125. The van der Waals surface area contributed by atoms with Crippen LogP contribution in [0, 0.1) is 5.92 Å². The number of aliphatic hydroxyl groups is 1. The number of esters is 1. The highest BCUT2D eigenvalue weighted by atomic mass is 79.9. The summed E-state index contributed by atoms with van der Waals surface area (Å²) in [6.45, 7) is 0. The maximum atomic E-state index is 12.6. The van der Waals surface area contributed by atoms with Gasteiger partial charge in [0.15, 0.2) is 11.7 Å². The summed E-state index contributed by atoms with van der Waals surface area (Å²) in [6.07, 6.45) is -1.21. The van der Waals surface area contributed by atoms with Crippen molar-refractivity contribution in [3.8, 4) is 5.75 Å². The van der Waals surface area contributed by atoms with Crippen molar-refractivity contribution in [1.29, 1.82) is 0 Å². The summed E-state index contributed by atoms with van der Waals surface area (Å²) >= 11 is 3.28. The van der Waals surface area contributed by atoms with E-state index in [-0.39, 0.29) is 0 Å². The topological polar surface area (TPSA) is 63.6 Å². The molecule has 0 fully saturated rings. The highest BCUT2D eigenvalue weighted by Gasteiger charge is 2.42. The molecule has 1 N–H and O–H groups in total. The van der Waals surface area contributed by atoms with Gasteiger partial charge >= 0.3 is 5.97 Å². The second kappa shape index (κ2) is 5.42. The number of rotatable bonds is 2. The van der Waals surface area contributed by atoms with Crippen LogP contribution in [0.1, 0.15) is 22.0 Å². The number of aliphatic hydroxyl groups excluding tert-OH is 1. The van der Waals surface area contributed by atoms with Crippen LogP contribution in [0.5, 0.6) is 5.75 Å². The Balaban J connectivity index is 2.02. The number of benzene rings is 2. The number of carbonyl (C=O) groups excluding carboxylic acids is 2. The van der Waals surface area contributed by atoms with Gasteiger partial charge in [-0.3, -0.25) is 9.59 Å². The molecule has 0 spiro atoms. The van der Waals surface area contributed by atoms with Gasteiger partial charge in [-0.1, -0.05) is 52.3 Å². The smallest absolute Gasteiger partial charge is 0.325 e. The SMILES string of the molecule is O=C1Oc2ccccc2[C@H](O)[C@@H]1C(=O)c1ccccc1Br. The summed E-state index contributed by atoms with van der Waals surface area (Å²) < 4.78 is 5.74. The Morgan fingerprint density at radius 2 is 1.76 bits per heavy atom. The first-order valence-corrected chi connectivity index (χ1v) is 7.16. The van der Waals surface area contributed by atoms with Crippen LogP contribution in [-0.4, -0.2) is 16.9 Å². The zero-order valence-electron chi connectivity index (χ0n) is 10.8. The molecule has 1 heterocycles. The summed E-state index contributed by atoms with van der Waals surface area (Å²) in [6, 6.07) is 13.4. The van der Waals surface area contributed by atoms with Crippen LogP contribution in [0.25, 0.3) is 0 Å². The molecule has 2 aromatic carbocycles. The quantitative estimate of drug-likeness (QED) is 0.393. The van der Waals surface area contributed by atoms with E-state index in [4.69, 9.17) is 4.74 Å². The van der Waals surface area contributed by atoms with E-state index in [2.05, 4.69) is 15.9 Å². The maximum Gasteiger partial charge on any atom is 0.325 e. The van der Waals surface area contributed by atoms with Crippen molar-refractivity contribution >= 4 is 27.7 Å². The van der Waals surface area contributed by atoms with E-state index in [9.17, 15) is 14.7 Å². The van der Waals surface area contributed by atoms with Gasteiger partial charge in [0, 0.05) is 15.6 Å². The molecule has 1 aliphatic heterocycles. The number of ether oxygens (including phenoxy) is 1. The van der Waals surface area contributed by atoms with Gasteiger partial charge in [0.2, 0.25) is 0 Å². The highest BCUT2D eigenvalue weighted by molar-refractivity contribution is 9.10. The lowest BCUT2D eigenvalue weighted by molar-refractivity contribution is -0.142. The summed E-state index contributed by atoms with van der Waals surface area (Å²) in [5.74, 6) is -2.15. The van der Waals surface area contributed by atoms with Gasteiger partial charge in [0.25, 0.3) is 0 Å². The summed E-state index contributed by atoms with van der Waals surface area (Å²) in [5.41, 5.74) is 0.792. The van der Waals surface area contributed by atoms with Crippen LogP contribution in [0.15, 0.2) is 53.0 Å². The first-order chi connectivity index (χ1) is 10.1. The Bertz CT molecular complexity index is 726. The molecule has 3 rings (SSSR count).